The Bertz CT molecular complexity index is 532. The zero-order valence-corrected chi connectivity index (χ0v) is 14.3. The van der Waals surface area contributed by atoms with Crippen molar-refractivity contribution in [2.45, 2.75) is 64.1 Å². The first-order valence-electron chi connectivity index (χ1n) is 8.92. The van der Waals surface area contributed by atoms with Crippen LogP contribution in [0.15, 0.2) is 12.1 Å². The molecule has 3 rings (SSSR count). The molecular formula is C19H29NO3. The third-order valence-electron chi connectivity index (χ3n) is 5.23. The number of rotatable bonds is 5. The lowest BCUT2D eigenvalue weighted by atomic mass is 9.95. The molecule has 0 spiro atoms. The molecule has 0 amide bonds. The fourth-order valence-corrected chi connectivity index (χ4v) is 3.94. The van der Waals surface area contributed by atoms with Crippen LogP contribution in [0.4, 0.5) is 0 Å². The summed E-state index contributed by atoms with van der Waals surface area (Å²) in [5.41, 5.74) is 2.41. The van der Waals surface area contributed by atoms with E-state index in [-0.39, 0.29) is 12.7 Å². The number of aliphatic hydroxyl groups excluding tert-OH is 1. The third kappa shape index (κ3) is 3.81. The third-order valence-corrected chi connectivity index (χ3v) is 5.23. The fourth-order valence-electron chi connectivity index (χ4n) is 3.94. The highest BCUT2D eigenvalue weighted by atomic mass is 16.5. The van der Waals surface area contributed by atoms with Crippen LogP contribution in [0, 0.1) is 5.92 Å². The molecule has 1 fully saturated rings. The highest BCUT2D eigenvalue weighted by Crippen LogP contribution is 2.36. The Labute approximate surface area is 139 Å². The van der Waals surface area contributed by atoms with Gasteiger partial charge in [-0.05, 0) is 37.8 Å². The van der Waals surface area contributed by atoms with E-state index in [1.807, 2.05) is 0 Å². The Balaban J connectivity index is 1.73. The minimum absolute atomic E-state index is 0.235. The SMILES string of the molecule is COc1cc(CN[C@@H]2CCCCC[C@@H]2CO)c2c(c1)C[C@@H](C)O2. The summed E-state index contributed by atoms with van der Waals surface area (Å²) in [5, 5.41) is 13.3. The average molecular weight is 319 g/mol. The number of hydrogen-bond donors (Lipinski definition) is 2. The molecular weight excluding hydrogens is 290 g/mol. The van der Waals surface area contributed by atoms with Crippen LogP contribution in [-0.2, 0) is 13.0 Å². The normalized spacial score (nSPS) is 27.2. The molecule has 1 saturated carbocycles. The Morgan fingerprint density at radius 1 is 1.26 bits per heavy atom. The van der Waals surface area contributed by atoms with Gasteiger partial charge in [0.05, 0.1) is 7.11 Å². The van der Waals surface area contributed by atoms with Gasteiger partial charge in [0.1, 0.15) is 17.6 Å². The number of nitrogens with one attached hydrogen (secondary N) is 1. The van der Waals surface area contributed by atoms with Crippen molar-refractivity contribution in [3.63, 3.8) is 0 Å². The molecule has 0 bridgehead atoms. The van der Waals surface area contributed by atoms with Gasteiger partial charge in [-0.2, -0.15) is 0 Å². The molecule has 0 saturated heterocycles. The van der Waals surface area contributed by atoms with E-state index in [9.17, 15) is 5.11 Å². The molecule has 23 heavy (non-hydrogen) atoms. The maximum absolute atomic E-state index is 9.67. The summed E-state index contributed by atoms with van der Waals surface area (Å²) in [7, 11) is 1.71. The van der Waals surface area contributed by atoms with Crippen molar-refractivity contribution in [3.8, 4) is 11.5 Å². The predicted molar refractivity (Wildman–Crippen MR) is 91.1 cm³/mol. The lowest BCUT2D eigenvalue weighted by Crippen LogP contribution is -2.37. The molecule has 0 unspecified atom stereocenters. The average Bonchev–Trinajstić information content (AvgIpc) is 2.79. The van der Waals surface area contributed by atoms with E-state index in [1.165, 1.54) is 30.4 Å². The van der Waals surface area contributed by atoms with E-state index in [4.69, 9.17) is 9.47 Å². The van der Waals surface area contributed by atoms with Gasteiger partial charge in [0.25, 0.3) is 0 Å². The highest BCUT2D eigenvalue weighted by molar-refractivity contribution is 5.49. The maximum Gasteiger partial charge on any atom is 0.127 e. The van der Waals surface area contributed by atoms with Gasteiger partial charge in [0.2, 0.25) is 0 Å². The highest BCUT2D eigenvalue weighted by Gasteiger charge is 2.26. The van der Waals surface area contributed by atoms with Crippen molar-refractivity contribution in [2.75, 3.05) is 13.7 Å². The molecule has 4 nitrogen and oxygen atoms in total. The van der Waals surface area contributed by atoms with Crippen molar-refractivity contribution in [3.05, 3.63) is 23.3 Å². The van der Waals surface area contributed by atoms with Crippen LogP contribution >= 0.6 is 0 Å². The minimum atomic E-state index is 0.235. The van der Waals surface area contributed by atoms with E-state index in [1.54, 1.807) is 7.11 Å². The van der Waals surface area contributed by atoms with Crippen molar-refractivity contribution >= 4 is 0 Å². The number of methoxy groups -OCH3 is 1. The second-order valence-corrected chi connectivity index (χ2v) is 6.98. The van der Waals surface area contributed by atoms with E-state index in [2.05, 4.69) is 24.4 Å². The smallest absolute Gasteiger partial charge is 0.127 e. The molecule has 2 aliphatic rings. The Kier molecular flexibility index (Phi) is 5.44. The van der Waals surface area contributed by atoms with Crippen molar-refractivity contribution in [1.29, 1.82) is 0 Å². The van der Waals surface area contributed by atoms with E-state index >= 15 is 0 Å². The van der Waals surface area contributed by atoms with Gasteiger partial charge in [-0.15, -0.1) is 0 Å². The fraction of sp³-hybridized carbons (Fsp3) is 0.684. The van der Waals surface area contributed by atoms with Gasteiger partial charge in [-0.1, -0.05) is 19.3 Å². The topological polar surface area (TPSA) is 50.7 Å². The predicted octanol–water partition coefficient (Wildman–Crippen LogP) is 3.05. The molecule has 1 aliphatic heterocycles. The van der Waals surface area contributed by atoms with Crippen LogP contribution < -0.4 is 14.8 Å². The summed E-state index contributed by atoms with van der Waals surface area (Å²) >= 11 is 0. The lowest BCUT2D eigenvalue weighted by molar-refractivity contribution is 0.180. The summed E-state index contributed by atoms with van der Waals surface area (Å²) in [5.74, 6) is 2.30. The first-order valence-corrected chi connectivity index (χ1v) is 8.92. The van der Waals surface area contributed by atoms with Gasteiger partial charge in [0.15, 0.2) is 0 Å². The van der Waals surface area contributed by atoms with E-state index in [0.717, 1.165) is 37.3 Å². The van der Waals surface area contributed by atoms with Crippen LogP contribution in [-0.4, -0.2) is 31.0 Å². The minimum Gasteiger partial charge on any atom is -0.497 e. The molecule has 4 heteroatoms. The number of ether oxygens (including phenoxy) is 2. The monoisotopic (exact) mass is 319 g/mol. The first-order chi connectivity index (χ1) is 11.2. The zero-order chi connectivity index (χ0) is 16.2. The van der Waals surface area contributed by atoms with Gasteiger partial charge in [-0.3, -0.25) is 0 Å². The van der Waals surface area contributed by atoms with Gasteiger partial charge in [0, 0.05) is 36.7 Å². The number of hydrogen-bond acceptors (Lipinski definition) is 4. The molecule has 1 heterocycles. The molecule has 2 N–H and O–H groups in total. The van der Waals surface area contributed by atoms with Crippen LogP contribution in [0.1, 0.15) is 50.2 Å². The van der Waals surface area contributed by atoms with Crippen LogP contribution in [0.3, 0.4) is 0 Å². The molecule has 1 aliphatic carbocycles. The van der Waals surface area contributed by atoms with Crippen LogP contribution in [0.25, 0.3) is 0 Å². The van der Waals surface area contributed by atoms with Gasteiger partial charge >= 0.3 is 0 Å². The molecule has 0 radical (unpaired) electrons. The molecule has 1 aromatic carbocycles. The largest absolute Gasteiger partial charge is 0.497 e. The second kappa shape index (κ2) is 7.54. The Hall–Kier alpha value is -1.26. The summed E-state index contributed by atoms with van der Waals surface area (Å²) in [6, 6.07) is 4.56. The first kappa shape index (κ1) is 16.6. The molecule has 1 aromatic rings. The quantitative estimate of drug-likeness (QED) is 0.819. The Morgan fingerprint density at radius 3 is 2.87 bits per heavy atom. The number of fused-ring (bicyclic) bond motifs is 1. The summed E-state index contributed by atoms with van der Waals surface area (Å²) in [6.45, 7) is 3.16. The molecule has 128 valence electrons. The van der Waals surface area contributed by atoms with E-state index in [0.29, 0.717) is 12.0 Å². The van der Waals surface area contributed by atoms with Crippen LogP contribution in [0.5, 0.6) is 11.5 Å². The second-order valence-electron chi connectivity index (χ2n) is 6.98. The van der Waals surface area contributed by atoms with E-state index < -0.39 is 0 Å². The maximum atomic E-state index is 9.67. The summed E-state index contributed by atoms with van der Waals surface area (Å²) in [6.07, 6.45) is 7.22. The summed E-state index contributed by atoms with van der Waals surface area (Å²) < 4.78 is 11.5. The molecule has 3 atom stereocenters. The zero-order valence-electron chi connectivity index (χ0n) is 14.3. The van der Waals surface area contributed by atoms with Crippen molar-refractivity contribution in [1.82, 2.24) is 5.32 Å². The van der Waals surface area contributed by atoms with Crippen molar-refractivity contribution in [2.24, 2.45) is 5.92 Å². The van der Waals surface area contributed by atoms with Gasteiger partial charge in [-0.25, -0.2) is 0 Å². The van der Waals surface area contributed by atoms with Gasteiger partial charge < -0.3 is 19.9 Å². The Morgan fingerprint density at radius 2 is 2.09 bits per heavy atom. The standard InChI is InChI=1S/C19H29NO3/c1-13-8-15-9-17(22-2)10-16(19(15)23-13)11-20-18-7-5-3-4-6-14(18)12-21/h9-10,13-14,18,20-21H,3-8,11-12H2,1-2H3/t13-,14-,18-/m1/s1. The number of benzene rings is 1. The van der Waals surface area contributed by atoms with Crippen molar-refractivity contribution < 1.29 is 14.6 Å². The number of aliphatic hydroxyl groups is 1. The summed E-state index contributed by atoms with van der Waals surface area (Å²) in [4.78, 5) is 0. The van der Waals surface area contributed by atoms with Crippen LogP contribution in [0.2, 0.25) is 0 Å². The molecule has 0 aromatic heterocycles. The lowest BCUT2D eigenvalue weighted by Gasteiger charge is -2.25.